The van der Waals surface area contributed by atoms with Crippen LogP contribution in [0.5, 0.6) is 0 Å². The van der Waals surface area contributed by atoms with E-state index >= 15 is 0 Å². The van der Waals surface area contributed by atoms with Gasteiger partial charge in [-0.05, 0) is 38.8 Å². The fourth-order valence-electron chi connectivity index (χ4n) is 3.73. The van der Waals surface area contributed by atoms with Crippen LogP contribution in [0.25, 0.3) is 0 Å². The molecule has 1 amide bonds. The standard InChI is InChI=1S/C22H25N5O6S/c1-3-33-22(29)19-12-17(13-23)20(24-15(19)2)26-10-7-16(8-11-26)21(28)25-34(31,32)14-18-6-4-5-9-27(18)30/h4-6,9,12,16H,3,7-8,10-11,14H2,1-2H3,(H,25,28). The number of carbonyl (C=O) groups is 2. The third-order valence-electron chi connectivity index (χ3n) is 5.47. The van der Waals surface area contributed by atoms with Crippen molar-refractivity contribution in [2.24, 2.45) is 5.92 Å². The van der Waals surface area contributed by atoms with Crippen molar-refractivity contribution < 1.29 is 27.5 Å². The zero-order valence-corrected chi connectivity index (χ0v) is 19.7. The molecule has 0 saturated carbocycles. The molecule has 2 aromatic rings. The molecule has 1 fully saturated rings. The Morgan fingerprint density at radius 1 is 1.35 bits per heavy atom. The monoisotopic (exact) mass is 487 g/mol. The number of nitrogens with zero attached hydrogens (tertiary/aromatic N) is 4. The van der Waals surface area contributed by atoms with Crippen LogP contribution in [-0.2, 0) is 25.3 Å². The maximum atomic E-state index is 12.6. The number of nitrogens with one attached hydrogen (secondary N) is 1. The van der Waals surface area contributed by atoms with Crippen molar-refractivity contribution in [1.29, 1.82) is 5.26 Å². The van der Waals surface area contributed by atoms with E-state index in [0.29, 0.717) is 42.2 Å². The minimum Gasteiger partial charge on any atom is -0.618 e. The van der Waals surface area contributed by atoms with Gasteiger partial charge in [0.05, 0.1) is 23.4 Å². The second-order valence-electron chi connectivity index (χ2n) is 7.83. The van der Waals surface area contributed by atoms with Crippen molar-refractivity contribution >= 4 is 27.7 Å². The Morgan fingerprint density at radius 2 is 2.06 bits per heavy atom. The van der Waals surface area contributed by atoms with Crippen molar-refractivity contribution in [1.82, 2.24) is 9.71 Å². The van der Waals surface area contributed by atoms with E-state index in [1.807, 2.05) is 4.90 Å². The number of hydrogen-bond donors (Lipinski definition) is 1. The number of ether oxygens (including phenoxy) is 1. The summed E-state index contributed by atoms with van der Waals surface area (Å²) in [7, 11) is -4.04. The number of nitriles is 1. The first-order chi connectivity index (χ1) is 16.1. The summed E-state index contributed by atoms with van der Waals surface area (Å²) in [6.45, 7) is 4.29. The van der Waals surface area contributed by atoms with Gasteiger partial charge in [-0.15, -0.1) is 0 Å². The van der Waals surface area contributed by atoms with Crippen molar-refractivity contribution in [3.8, 4) is 6.07 Å². The second-order valence-corrected chi connectivity index (χ2v) is 9.55. The molecular weight excluding hydrogens is 462 g/mol. The molecule has 1 aliphatic rings. The van der Waals surface area contributed by atoms with Crippen molar-refractivity contribution in [2.45, 2.75) is 32.4 Å². The Morgan fingerprint density at radius 3 is 2.68 bits per heavy atom. The lowest BCUT2D eigenvalue weighted by Crippen LogP contribution is -2.44. The molecule has 0 bridgehead atoms. The summed E-state index contributed by atoms with van der Waals surface area (Å²) in [5.41, 5.74) is 0.872. The zero-order chi connectivity index (χ0) is 24.9. The smallest absolute Gasteiger partial charge is 0.340 e. The fraction of sp³-hybridized carbons (Fsp3) is 0.409. The number of hydrogen-bond acceptors (Lipinski definition) is 9. The van der Waals surface area contributed by atoms with Gasteiger partial charge in [-0.25, -0.2) is 18.2 Å². The van der Waals surface area contributed by atoms with Gasteiger partial charge >= 0.3 is 5.97 Å². The zero-order valence-electron chi connectivity index (χ0n) is 18.9. The molecule has 180 valence electrons. The maximum absolute atomic E-state index is 12.6. The molecule has 2 aromatic heterocycles. The fourth-order valence-corrected chi connectivity index (χ4v) is 4.89. The molecule has 34 heavy (non-hydrogen) atoms. The molecule has 1 saturated heterocycles. The largest absolute Gasteiger partial charge is 0.618 e. The number of aryl methyl sites for hydroxylation is 1. The Hall–Kier alpha value is -3.72. The maximum Gasteiger partial charge on any atom is 0.340 e. The summed E-state index contributed by atoms with van der Waals surface area (Å²) < 4.78 is 32.2. The lowest BCUT2D eigenvalue weighted by Gasteiger charge is -2.32. The Labute approximate surface area is 197 Å². The molecule has 0 atom stereocenters. The SMILES string of the molecule is CCOC(=O)c1cc(C#N)c(N2CCC(C(=O)NS(=O)(=O)Cc3cccc[n+]3[O-])CC2)nc1C. The Balaban J connectivity index is 1.65. The molecule has 0 spiro atoms. The molecular formula is C22H25N5O6S. The topological polar surface area (TPSA) is 156 Å². The van der Waals surface area contributed by atoms with Gasteiger partial charge in [0.1, 0.15) is 11.9 Å². The van der Waals surface area contributed by atoms with Gasteiger partial charge in [-0.3, -0.25) is 9.52 Å². The van der Waals surface area contributed by atoms with E-state index in [0.717, 1.165) is 0 Å². The van der Waals surface area contributed by atoms with Crippen molar-refractivity contribution in [2.75, 3.05) is 24.6 Å². The summed E-state index contributed by atoms with van der Waals surface area (Å²) in [4.78, 5) is 30.9. The van der Waals surface area contributed by atoms with Crippen molar-refractivity contribution in [3.63, 3.8) is 0 Å². The van der Waals surface area contributed by atoms with Crippen LogP contribution in [0.2, 0.25) is 0 Å². The first-order valence-electron chi connectivity index (χ1n) is 10.7. The number of aromatic nitrogens is 2. The highest BCUT2D eigenvalue weighted by Gasteiger charge is 2.30. The highest BCUT2D eigenvalue weighted by molar-refractivity contribution is 7.89. The van der Waals surface area contributed by atoms with E-state index in [9.17, 15) is 28.5 Å². The van der Waals surface area contributed by atoms with Gasteiger partial charge in [0.2, 0.25) is 21.6 Å². The van der Waals surface area contributed by atoms with Crippen LogP contribution in [0, 0.1) is 29.4 Å². The number of piperidine rings is 1. The molecule has 0 aromatic carbocycles. The van der Waals surface area contributed by atoms with Crippen LogP contribution in [-0.4, -0.2) is 45.0 Å². The number of rotatable bonds is 7. The van der Waals surface area contributed by atoms with Crippen LogP contribution in [0.3, 0.4) is 0 Å². The lowest BCUT2D eigenvalue weighted by molar-refractivity contribution is -0.612. The molecule has 12 heteroatoms. The molecule has 0 unspecified atom stereocenters. The average Bonchev–Trinajstić information content (AvgIpc) is 2.80. The highest BCUT2D eigenvalue weighted by atomic mass is 32.2. The molecule has 3 heterocycles. The number of esters is 1. The van der Waals surface area contributed by atoms with Crippen LogP contribution >= 0.6 is 0 Å². The van der Waals surface area contributed by atoms with E-state index in [4.69, 9.17) is 4.74 Å². The van der Waals surface area contributed by atoms with Crippen LogP contribution in [0.15, 0.2) is 30.5 Å². The predicted molar refractivity (Wildman–Crippen MR) is 121 cm³/mol. The first-order valence-corrected chi connectivity index (χ1v) is 12.4. The van der Waals surface area contributed by atoms with E-state index < -0.39 is 33.6 Å². The van der Waals surface area contributed by atoms with Gasteiger partial charge < -0.3 is 14.8 Å². The molecule has 11 nitrogen and oxygen atoms in total. The molecule has 3 rings (SSSR count). The van der Waals surface area contributed by atoms with E-state index in [1.54, 1.807) is 19.9 Å². The molecule has 0 radical (unpaired) electrons. The Bertz CT molecular complexity index is 1230. The summed E-state index contributed by atoms with van der Waals surface area (Å²) in [6, 6.07) is 7.91. The van der Waals surface area contributed by atoms with E-state index in [-0.39, 0.29) is 23.4 Å². The van der Waals surface area contributed by atoms with Crippen LogP contribution < -0.4 is 14.4 Å². The first kappa shape index (κ1) is 24.9. The molecule has 0 aliphatic carbocycles. The van der Waals surface area contributed by atoms with Gasteiger partial charge in [-0.1, -0.05) is 0 Å². The molecule has 1 N–H and O–H groups in total. The van der Waals surface area contributed by atoms with Crippen LogP contribution in [0.1, 0.15) is 47.1 Å². The number of sulfonamides is 1. The van der Waals surface area contributed by atoms with Gasteiger partial charge in [-0.2, -0.15) is 9.99 Å². The molecule has 1 aliphatic heterocycles. The number of carbonyl (C=O) groups excluding carboxylic acids is 2. The van der Waals surface area contributed by atoms with Crippen LogP contribution in [0.4, 0.5) is 5.82 Å². The summed E-state index contributed by atoms with van der Waals surface area (Å²) in [5, 5.41) is 21.3. The summed E-state index contributed by atoms with van der Waals surface area (Å²) in [5.74, 6) is -1.93. The van der Waals surface area contributed by atoms with Crippen molar-refractivity contribution in [3.05, 3.63) is 58.2 Å². The number of amides is 1. The van der Waals surface area contributed by atoms with Gasteiger partial charge in [0, 0.05) is 31.1 Å². The minimum atomic E-state index is -4.04. The number of pyridine rings is 2. The quantitative estimate of drug-likeness (QED) is 0.341. The normalized spacial score (nSPS) is 14.3. The van der Waals surface area contributed by atoms with E-state index in [1.165, 1.54) is 24.4 Å². The summed E-state index contributed by atoms with van der Waals surface area (Å²) in [6.07, 6.45) is 1.88. The average molecular weight is 488 g/mol. The summed E-state index contributed by atoms with van der Waals surface area (Å²) >= 11 is 0. The lowest BCUT2D eigenvalue weighted by atomic mass is 9.96. The third kappa shape index (κ3) is 5.79. The predicted octanol–water partition coefficient (Wildman–Crippen LogP) is 0.934. The van der Waals surface area contributed by atoms with Gasteiger partial charge in [0.15, 0.2) is 11.9 Å². The van der Waals surface area contributed by atoms with E-state index in [2.05, 4.69) is 15.8 Å². The third-order valence-corrected chi connectivity index (χ3v) is 6.66. The highest BCUT2D eigenvalue weighted by Crippen LogP contribution is 2.27. The number of anilines is 1. The minimum absolute atomic E-state index is 0.00867. The van der Waals surface area contributed by atoms with Gasteiger partial charge in [0.25, 0.3) is 0 Å². The second kappa shape index (κ2) is 10.5. The Kier molecular flexibility index (Phi) is 7.68.